The molecule has 2 aromatic rings. The van der Waals surface area contributed by atoms with E-state index < -0.39 is 0 Å². The predicted molar refractivity (Wildman–Crippen MR) is 110 cm³/mol. The number of hydrogen-bond acceptors (Lipinski definition) is 2. The number of anilines is 2. The topological polar surface area (TPSA) is 41.1 Å². The summed E-state index contributed by atoms with van der Waals surface area (Å²) in [5, 5.41) is 6.76. The summed E-state index contributed by atoms with van der Waals surface area (Å²) in [6, 6.07) is 15.1. The van der Waals surface area contributed by atoms with Crippen LogP contribution in [0.15, 0.2) is 59.1 Å². The third-order valence-electron chi connectivity index (χ3n) is 5.38. The Morgan fingerprint density at radius 2 is 1.96 bits per heavy atom. The molecule has 26 heavy (non-hydrogen) atoms. The molecule has 0 saturated heterocycles. The predicted octanol–water partition coefficient (Wildman–Crippen LogP) is 5.87. The maximum Gasteiger partial charge on any atom is 0.226 e. The van der Waals surface area contributed by atoms with Crippen LogP contribution in [-0.4, -0.2) is 5.91 Å². The van der Waals surface area contributed by atoms with E-state index in [9.17, 15) is 4.79 Å². The molecule has 3 atom stereocenters. The lowest BCUT2D eigenvalue weighted by molar-refractivity contribution is -0.118. The molecule has 0 saturated carbocycles. The van der Waals surface area contributed by atoms with Gasteiger partial charge in [0.1, 0.15) is 0 Å². The highest BCUT2D eigenvalue weighted by molar-refractivity contribution is 9.10. The molecule has 1 amide bonds. The smallest absolute Gasteiger partial charge is 0.226 e. The lowest BCUT2D eigenvalue weighted by Gasteiger charge is -2.37. The van der Waals surface area contributed by atoms with Crippen LogP contribution in [0.2, 0.25) is 0 Å². The number of fused-ring (bicyclic) bond motifs is 3. The first kappa shape index (κ1) is 17.3. The van der Waals surface area contributed by atoms with Crippen molar-refractivity contribution in [2.45, 2.75) is 32.2 Å². The molecular weight excluding hydrogens is 388 g/mol. The number of carbonyl (C=O) groups excluding carboxylic acids is 1. The molecule has 2 aliphatic rings. The average molecular weight is 411 g/mol. The lowest BCUT2D eigenvalue weighted by atomic mass is 9.77. The van der Waals surface area contributed by atoms with Gasteiger partial charge in [0, 0.05) is 27.7 Å². The summed E-state index contributed by atoms with van der Waals surface area (Å²) in [6.45, 7) is 3.82. The number of allylic oxidation sites excluding steroid dienone is 2. The van der Waals surface area contributed by atoms with Gasteiger partial charge in [-0.15, -0.1) is 0 Å². The zero-order valence-electron chi connectivity index (χ0n) is 15.0. The Labute approximate surface area is 163 Å². The van der Waals surface area contributed by atoms with E-state index in [0.717, 1.165) is 22.3 Å². The van der Waals surface area contributed by atoms with E-state index in [0.29, 0.717) is 17.9 Å². The summed E-state index contributed by atoms with van der Waals surface area (Å²) in [7, 11) is 0. The monoisotopic (exact) mass is 410 g/mol. The first-order chi connectivity index (χ1) is 12.5. The van der Waals surface area contributed by atoms with Crippen LogP contribution >= 0.6 is 15.9 Å². The highest BCUT2D eigenvalue weighted by Crippen LogP contribution is 2.50. The van der Waals surface area contributed by atoms with E-state index in [-0.39, 0.29) is 11.8 Å². The van der Waals surface area contributed by atoms with Crippen LogP contribution in [0.25, 0.3) is 0 Å². The zero-order chi connectivity index (χ0) is 18.3. The Morgan fingerprint density at radius 3 is 2.69 bits per heavy atom. The summed E-state index contributed by atoms with van der Waals surface area (Å²) in [5.41, 5.74) is 4.63. The third-order valence-corrected chi connectivity index (χ3v) is 5.91. The summed E-state index contributed by atoms with van der Waals surface area (Å²) >= 11 is 3.52. The molecule has 1 heterocycles. The minimum absolute atomic E-state index is 0.0231. The molecular formula is C22H23BrN2O. The van der Waals surface area contributed by atoms with Gasteiger partial charge in [0.05, 0.1) is 6.04 Å². The number of nitrogens with one attached hydrogen (secondary N) is 2. The summed E-state index contributed by atoms with van der Waals surface area (Å²) in [5.74, 6) is 0.917. The number of carbonyl (C=O) groups is 1. The van der Waals surface area contributed by atoms with Crippen LogP contribution in [0.4, 0.5) is 11.4 Å². The molecule has 0 bridgehead atoms. The first-order valence-electron chi connectivity index (χ1n) is 9.16. The van der Waals surface area contributed by atoms with Crippen LogP contribution in [-0.2, 0) is 4.79 Å². The quantitative estimate of drug-likeness (QED) is 0.621. The molecule has 134 valence electrons. The largest absolute Gasteiger partial charge is 0.378 e. The van der Waals surface area contributed by atoms with E-state index in [1.54, 1.807) is 0 Å². The second kappa shape index (κ2) is 6.92. The highest BCUT2D eigenvalue weighted by atomic mass is 79.9. The minimum Gasteiger partial charge on any atom is -0.378 e. The second-order valence-electron chi connectivity index (χ2n) is 7.47. The molecule has 2 N–H and O–H groups in total. The molecule has 4 rings (SSSR count). The Balaban J connectivity index is 1.66. The summed E-state index contributed by atoms with van der Waals surface area (Å²) < 4.78 is 1.10. The molecule has 3 unspecified atom stereocenters. The molecule has 1 aliphatic carbocycles. The normalized spacial score (nSPS) is 23.3. The molecule has 0 spiro atoms. The Kier molecular flexibility index (Phi) is 4.62. The van der Waals surface area contributed by atoms with Gasteiger partial charge in [-0.3, -0.25) is 4.79 Å². The molecule has 3 nitrogen and oxygen atoms in total. The van der Waals surface area contributed by atoms with Gasteiger partial charge in [0.25, 0.3) is 0 Å². The van der Waals surface area contributed by atoms with Gasteiger partial charge >= 0.3 is 0 Å². The highest BCUT2D eigenvalue weighted by Gasteiger charge is 2.37. The van der Waals surface area contributed by atoms with Crippen LogP contribution in [0.1, 0.15) is 43.4 Å². The average Bonchev–Trinajstić information content (AvgIpc) is 3.12. The molecule has 4 heteroatoms. The number of benzene rings is 2. The van der Waals surface area contributed by atoms with Crippen molar-refractivity contribution in [3.8, 4) is 0 Å². The number of halogens is 1. The Hall–Kier alpha value is -2.07. The lowest BCUT2D eigenvalue weighted by Crippen LogP contribution is -2.29. The first-order valence-corrected chi connectivity index (χ1v) is 9.95. The van der Waals surface area contributed by atoms with Gasteiger partial charge in [-0.05, 0) is 53.8 Å². The Morgan fingerprint density at radius 1 is 1.19 bits per heavy atom. The van der Waals surface area contributed by atoms with Gasteiger partial charge in [0.2, 0.25) is 5.91 Å². The fraction of sp³-hybridized carbons (Fsp3) is 0.318. The van der Waals surface area contributed by atoms with E-state index >= 15 is 0 Å². The van der Waals surface area contributed by atoms with Crippen molar-refractivity contribution >= 4 is 33.2 Å². The number of hydrogen-bond donors (Lipinski definition) is 2. The maximum absolute atomic E-state index is 12.0. The van der Waals surface area contributed by atoms with Gasteiger partial charge in [-0.25, -0.2) is 0 Å². The van der Waals surface area contributed by atoms with E-state index in [1.807, 2.05) is 19.9 Å². The van der Waals surface area contributed by atoms with Gasteiger partial charge < -0.3 is 10.6 Å². The van der Waals surface area contributed by atoms with Crippen LogP contribution in [0.5, 0.6) is 0 Å². The van der Waals surface area contributed by atoms with Crippen molar-refractivity contribution in [2.24, 2.45) is 11.8 Å². The zero-order valence-corrected chi connectivity index (χ0v) is 16.6. The van der Waals surface area contributed by atoms with Crippen molar-refractivity contribution in [2.75, 3.05) is 10.6 Å². The summed E-state index contributed by atoms with van der Waals surface area (Å²) in [4.78, 5) is 12.0. The van der Waals surface area contributed by atoms with Gasteiger partial charge in [-0.1, -0.05) is 54.1 Å². The van der Waals surface area contributed by atoms with Crippen LogP contribution in [0.3, 0.4) is 0 Å². The van der Waals surface area contributed by atoms with Crippen LogP contribution in [0, 0.1) is 11.8 Å². The van der Waals surface area contributed by atoms with Crippen molar-refractivity contribution in [3.05, 3.63) is 70.2 Å². The van der Waals surface area contributed by atoms with Crippen molar-refractivity contribution in [3.63, 3.8) is 0 Å². The third kappa shape index (κ3) is 3.18. The Bertz CT molecular complexity index is 857. The fourth-order valence-electron chi connectivity index (χ4n) is 3.96. The molecule has 1 aliphatic heterocycles. The van der Waals surface area contributed by atoms with E-state index in [4.69, 9.17) is 0 Å². The van der Waals surface area contributed by atoms with E-state index in [2.05, 4.69) is 75.1 Å². The SMILES string of the molecule is CC(C)C(=O)Nc1ccc2c(c1)C1C=CCC1C(c1ccc(Br)cc1)N2. The maximum atomic E-state index is 12.0. The van der Waals surface area contributed by atoms with Crippen molar-refractivity contribution in [1.82, 2.24) is 0 Å². The van der Waals surface area contributed by atoms with E-state index in [1.165, 1.54) is 11.1 Å². The standard InChI is InChI=1S/C22H23BrN2O/c1-13(2)22(26)24-16-10-11-20-19(12-16)17-4-3-5-18(17)21(25-20)14-6-8-15(23)9-7-14/h3-4,6-13,17-18,21,25H,5H2,1-2H3,(H,24,26). The van der Waals surface area contributed by atoms with Gasteiger partial charge in [-0.2, -0.15) is 0 Å². The summed E-state index contributed by atoms with van der Waals surface area (Å²) in [6.07, 6.45) is 5.68. The number of rotatable bonds is 3. The molecule has 2 aromatic carbocycles. The molecule has 0 radical (unpaired) electrons. The fourth-order valence-corrected chi connectivity index (χ4v) is 4.22. The van der Waals surface area contributed by atoms with Crippen LogP contribution < -0.4 is 10.6 Å². The van der Waals surface area contributed by atoms with Gasteiger partial charge in [0.15, 0.2) is 0 Å². The minimum atomic E-state index is -0.0231. The number of amides is 1. The second-order valence-corrected chi connectivity index (χ2v) is 8.39. The molecule has 0 fully saturated rings. The molecule has 0 aromatic heterocycles. The van der Waals surface area contributed by atoms with Crippen molar-refractivity contribution < 1.29 is 4.79 Å². The van der Waals surface area contributed by atoms with Crippen molar-refractivity contribution in [1.29, 1.82) is 0 Å².